The Morgan fingerprint density at radius 2 is 2.44 bits per heavy atom. The number of fused-ring (bicyclic) bond motifs is 1. The molecule has 0 saturated carbocycles. The van der Waals surface area contributed by atoms with Gasteiger partial charge in [0.2, 0.25) is 5.65 Å². The molecule has 2 aromatic heterocycles. The first-order valence-corrected chi connectivity index (χ1v) is 5.79. The van der Waals surface area contributed by atoms with Crippen LogP contribution in [0.1, 0.15) is 26.2 Å². The van der Waals surface area contributed by atoms with E-state index in [1.807, 2.05) is 6.92 Å². The lowest BCUT2D eigenvalue weighted by atomic mass is 10.1. The molecule has 0 spiro atoms. The predicted molar refractivity (Wildman–Crippen MR) is 65.4 cm³/mol. The molecule has 2 aromatic rings. The van der Waals surface area contributed by atoms with Crippen molar-refractivity contribution in [3.05, 3.63) is 18.7 Å². The summed E-state index contributed by atoms with van der Waals surface area (Å²) in [5.41, 5.74) is 0.669. The fourth-order valence-corrected chi connectivity index (χ4v) is 1.73. The average Bonchev–Trinajstić information content (AvgIpc) is 2.77. The third-order valence-corrected chi connectivity index (χ3v) is 2.63. The number of nitrogens with zero attached hydrogens (tertiary/aromatic N) is 4. The summed E-state index contributed by atoms with van der Waals surface area (Å²) < 4.78 is 1.78. The van der Waals surface area contributed by atoms with Crippen molar-refractivity contribution in [1.29, 1.82) is 0 Å². The number of hydrogen-bond donors (Lipinski definition) is 2. The molecule has 0 aromatic carbocycles. The van der Waals surface area contributed by atoms with Crippen LogP contribution in [0.15, 0.2) is 18.7 Å². The van der Waals surface area contributed by atoms with E-state index < -0.39 is 5.97 Å². The van der Waals surface area contributed by atoms with Crippen LogP contribution >= 0.6 is 0 Å². The standard InChI is InChI=1S/C11H15N5O2/c1-8(3-2-4-9(17)18)14-10-11-15-13-7-16(11)6-5-12-10/h5-8H,2-4H2,1H3,(H,12,14)(H,17,18). The molecule has 0 aliphatic carbocycles. The van der Waals surface area contributed by atoms with Crippen molar-refractivity contribution in [3.8, 4) is 0 Å². The monoisotopic (exact) mass is 249 g/mol. The normalized spacial score (nSPS) is 12.5. The van der Waals surface area contributed by atoms with Crippen LogP contribution in [0.4, 0.5) is 5.82 Å². The largest absolute Gasteiger partial charge is 0.481 e. The number of anilines is 1. The van der Waals surface area contributed by atoms with Gasteiger partial charge in [-0.15, -0.1) is 10.2 Å². The second-order valence-electron chi connectivity index (χ2n) is 4.17. The first kappa shape index (κ1) is 12.3. The molecule has 2 heterocycles. The molecule has 0 bridgehead atoms. The minimum atomic E-state index is -0.764. The summed E-state index contributed by atoms with van der Waals surface area (Å²) >= 11 is 0. The first-order chi connectivity index (χ1) is 8.66. The van der Waals surface area contributed by atoms with E-state index in [4.69, 9.17) is 5.11 Å². The molecule has 0 aliphatic rings. The summed E-state index contributed by atoms with van der Waals surface area (Å²) in [4.78, 5) is 14.6. The number of nitrogens with one attached hydrogen (secondary N) is 1. The fourth-order valence-electron chi connectivity index (χ4n) is 1.73. The van der Waals surface area contributed by atoms with E-state index >= 15 is 0 Å². The number of hydrogen-bond acceptors (Lipinski definition) is 5. The summed E-state index contributed by atoms with van der Waals surface area (Å²) in [6, 6.07) is 0.139. The van der Waals surface area contributed by atoms with Gasteiger partial charge in [0.1, 0.15) is 6.33 Å². The van der Waals surface area contributed by atoms with Gasteiger partial charge in [-0.3, -0.25) is 9.20 Å². The van der Waals surface area contributed by atoms with Crippen molar-refractivity contribution < 1.29 is 9.90 Å². The van der Waals surface area contributed by atoms with Crippen molar-refractivity contribution in [2.24, 2.45) is 0 Å². The van der Waals surface area contributed by atoms with Crippen LogP contribution in [-0.4, -0.2) is 36.7 Å². The molecular formula is C11H15N5O2. The van der Waals surface area contributed by atoms with Gasteiger partial charge in [-0.25, -0.2) is 4.98 Å². The van der Waals surface area contributed by atoms with Crippen LogP contribution in [0.3, 0.4) is 0 Å². The molecule has 0 fully saturated rings. The zero-order valence-electron chi connectivity index (χ0n) is 10.1. The summed E-state index contributed by atoms with van der Waals surface area (Å²) in [5.74, 6) is -0.0993. The highest BCUT2D eigenvalue weighted by atomic mass is 16.4. The van der Waals surface area contributed by atoms with Gasteiger partial charge >= 0.3 is 5.97 Å². The third-order valence-electron chi connectivity index (χ3n) is 2.63. The van der Waals surface area contributed by atoms with Gasteiger partial charge in [-0.2, -0.15) is 0 Å². The van der Waals surface area contributed by atoms with Gasteiger partial charge in [0.15, 0.2) is 5.82 Å². The molecule has 0 saturated heterocycles. The Morgan fingerprint density at radius 1 is 1.61 bits per heavy atom. The van der Waals surface area contributed by atoms with Gasteiger partial charge in [-0.05, 0) is 19.8 Å². The van der Waals surface area contributed by atoms with Crippen LogP contribution in [0.2, 0.25) is 0 Å². The quantitative estimate of drug-likeness (QED) is 0.798. The molecule has 2 rings (SSSR count). The van der Waals surface area contributed by atoms with Crippen molar-refractivity contribution in [2.45, 2.75) is 32.2 Å². The molecule has 96 valence electrons. The lowest BCUT2D eigenvalue weighted by Crippen LogP contribution is -2.17. The van der Waals surface area contributed by atoms with Crippen molar-refractivity contribution in [3.63, 3.8) is 0 Å². The highest BCUT2D eigenvalue weighted by Crippen LogP contribution is 2.13. The lowest BCUT2D eigenvalue weighted by Gasteiger charge is -2.13. The van der Waals surface area contributed by atoms with E-state index in [-0.39, 0.29) is 12.5 Å². The Hall–Kier alpha value is -2.18. The number of carbonyl (C=O) groups is 1. The molecule has 0 aliphatic heterocycles. The van der Waals surface area contributed by atoms with E-state index in [9.17, 15) is 4.79 Å². The summed E-state index contributed by atoms with van der Waals surface area (Å²) in [7, 11) is 0. The van der Waals surface area contributed by atoms with E-state index in [0.717, 1.165) is 6.42 Å². The SMILES string of the molecule is CC(CCCC(=O)O)Nc1nccn2cnnc12. The predicted octanol–water partition coefficient (Wildman–Crippen LogP) is 1.18. The first-order valence-electron chi connectivity index (χ1n) is 5.79. The van der Waals surface area contributed by atoms with Crippen LogP contribution in [-0.2, 0) is 4.79 Å². The third kappa shape index (κ3) is 2.93. The zero-order chi connectivity index (χ0) is 13.0. The van der Waals surface area contributed by atoms with Gasteiger partial charge < -0.3 is 10.4 Å². The molecule has 1 unspecified atom stereocenters. The Morgan fingerprint density at radius 3 is 3.22 bits per heavy atom. The highest BCUT2D eigenvalue weighted by molar-refractivity contribution is 5.66. The Bertz CT molecular complexity index is 539. The van der Waals surface area contributed by atoms with E-state index in [2.05, 4.69) is 20.5 Å². The van der Waals surface area contributed by atoms with Gasteiger partial charge in [0, 0.05) is 24.9 Å². The fraction of sp³-hybridized carbons (Fsp3) is 0.455. The molecule has 18 heavy (non-hydrogen) atoms. The van der Waals surface area contributed by atoms with Crippen molar-refractivity contribution >= 4 is 17.4 Å². The van der Waals surface area contributed by atoms with Crippen LogP contribution in [0.25, 0.3) is 5.65 Å². The maximum Gasteiger partial charge on any atom is 0.303 e. The number of carboxylic acid groups (broad SMARTS) is 1. The van der Waals surface area contributed by atoms with Gasteiger partial charge in [0.05, 0.1) is 0 Å². The molecule has 2 N–H and O–H groups in total. The second kappa shape index (κ2) is 5.44. The Kier molecular flexibility index (Phi) is 3.71. The van der Waals surface area contributed by atoms with E-state index in [0.29, 0.717) is 17.9 Å². The molecule has 0 amide bonds. The second-order valence-corrected chi connectivity index (χ2v) is 4.17. The van der Waals surface area contributed by atoms with Crippen molar-refractivity contribution in [2.75, 3.05) is 5.32 Å². The maximum absolute atomic E-state index is 10.4. The number of aromatic nitrogens is 4. The minimum absolute atomic E-state index is 0.139. The van der Waals surface area contributed by atoms with E-state index in [1.165, 1.54) is 0 Å². The summed E-state index contributed by atoms with van der Waals surface area (Å²) in [6.07, 6.45) is 6.65. The zero-order valence-corrected chi connectivity index (χ0v) is 10.1. The van der Waals surface area contributed by atoms with Crippen molar-refractivity contribution in [1.82, 2.24) is 19.6 Å². The van der Waals surface area contributed by atoms with Gasteiger partial charge in [0.25, 0.3) is 0 Å². The minimum Gasteiger partial charge on any atom is -0.481 e. The van der Waals surface area contributed by atoms with Gasteiger partial charge in [-0.1, -0.05) is 0 Å². The number of rotatable bonds is 6. The Balaban J connectivity index is 1.96. The number of aliphatic carboxylic acids is 1. The maximum atomic E-state index is 10.4. The summed E-state index contributed by atoms with van der Waals surface area (Å²) in [6.45, 7) is 1.99. The topological polar surface area (TPSA) is 92.4 Å². The molecule has 1 atom stereocenters. The molecule has 7 heteroatoms. The summed E-state index contributed by atoms with van der Waals surface area (Å²) in [5, 5.41) is 19.6. The van der Waals surface area contributed by atoms with Crippen LogP contribution in [0, 0.1) is 0 Å². The molecular weight excluding hydrogens is 234 g/mol. The Labute approximate surface area is 104 Å². The average molecular weight is 249 g/mol. The lowest BCUT2D eigenvalue weighted by molar-refractivity contribution is -0.137. The molecule has 0 radical (unpaired) electrons. The van der Waals surface area contributed by atoms with Crippen LogP contribution < -0.4 is 5.32 Å². The number of carboxylic acids is 1. The van der Waals surface area contributed by atoms with E-state index in [1.54, 1.807) is 23.1 Å². The van der Waals surface area contributed by atoms with Crippen LogP contribution in [0.5, 0.6) is 0 Å². The smallest absolute Gasteiger partial charge is 0.303 e. The molecule has 7 nitrogen and oxygen atoms in total. The highest BCUT2D eigenvalue weighted by Gasteiger charge is 2.09.